The minimum Gasteiger partial charge on any atom is -0.481 e. The van der Waals surface area contributed by atoms with Gasteiger partial charge in [-0.05, 0) is 0 Å². The van der Waals surface area contributed by atoms with Gasteiger partial charge in [0.1, 0.15) is 0 Å². The lowest BCUT2D eigenvalue weighted by Crippen LogP contribution is -2.74. The highest BCUT2D eigenvalue weighted by molar-refractivity contribution is 6.06. The molecule has 0 aromatic carbocycles. The molecule has 0 amide bonds. The summed E-state index contributed by atoms with van der Waals surface area (Å²) in [6.45, 7) is -0.238. The number of rotatable bonds is 7. The van der Waals surface area contributed by atoms with Crippen molar-refractivity contribution in [3.8, 4) is 0 Å². The first-order valence-electron chi connectivity index (χ1n) is 5.92. The highest BCUT2D eigenvalue weighted by atomic mass is 16.5. The molecule has 2 atom stereocenters. The Kier molecular flexibility index (Phi) is 4.99. The molecule has 0 radical (unpaired) electrons. The summed E-state index contributed by atoms with van der Waals surface area (Å²) >= 11 is 0. The number of carbonyl (C=O) groups is 4. The molecule has 0 aliphatic carbocycles. The maximum Gasteiger partial charge on any atom is 0.339 e. The molecule has 10 heteroatoms. The molecule has 0 aromatic rings. The molecular formula is C11H15NO9. The van der Waals surface area contributed by atoms with E-state index in [2.05, 4.69) is 0 Å². The molecule has 0 aromatic heterocycles. The van der Waals surface area contributed by atoms with Crippen molar-refractivity contribution in [3.05, 3.63) is 0 Å². The van der Waals surface area contributed by atoms with Gasteiger partial charge in [0.2, 0.25) is 11.1 Å². The first-order valence-corrected chi connectivity index (χ1v) is 5.92. The van der Waals surface area contributed by atoms with Gasteiger partial charge in [-0.2, -0.15) is 0 Å². The first-order chi connectivity index (χ1) is 9.72. The molecule has 21 heavy (non-hydrogen) atoms. The normalized spacial score (nSPS) is 21.8. The van der Waals surface area contributed by atoms with Crippen molar-refractivity contribution in [1.82, 2.24) is 4.90 Å². The van der Waals surface area contributed by atoms with E-state index in [1.807, 2.05) is 0 Å². The highest BCUT2D eigenvalue weighted by Gasteiger charge is 2.66. The summed E-state index contributed by atoms with van der Waals surface area (Å²) in [6, 6.07) is 0. The lowest BCUT2D eigenvalue weighted by atomic mass is 9.76. The number of carboxylic acids is 3. The van der Waals surface area contributed by atoms with Gasteiger partial charge in [0.05, 0.1) is 19.6 Å². The number of hydrogen-bond acceptors (Lipinski definition) is 7. The Morgan fingerprint density at radius 1 is 1.10 bits per heavy atom. The Bertz CT molecular complexity index is 459. The van der Waals surface area contributed by atoms with Crippen LogP contribution in [-0.2, 0) is 23.9 Å². The first kappa shape index (κ1) is 17.0. The van der Waals surface area contributed by atoms with Crippen LogP contribution in [0.4, 0.5) is 0 Å². The lowest BCUT2D eigenvalue weighted by molar-refractivity contribution is -0.199. The second-order valence-corrected chi connectivity index (χ2v) is 4.52. The number of carboxylic acid groups (broad SMARTS) is 3. The average Bonchev–Trinajstić information content (AvgIpc) is 2.39. The fourth-order valence-electron chi connectivity index (χ4n) is 2.30. The van der Waals surface area contributed by atoms with Crippen molar-refractivity contribution in [2.24, 2.45) is 0 Å². The molecule has 10 nitrogen and oxygen atoms in total. The second kappa shape index (κ2) is 6.16. The maximum absolute atomic E-state index is 11.6. The number of morpholine rings is 1. The quantitative estimate of drug-likeness (QED) is 0.295. The van der Waals surface area contributed by atoms with Crippen LogP contribution in [0.5, 0.6) is 0 Å². The van der Waals surface area contributed by atoms with Gasteiger partial charge in [0.15, 0.2) is 6.29 Å². The molecule has 1 saturated heterocycles. The summed E-state index contributed by atoms with van der Waals surface area (Å²) in [5.41, 5.74) is -6.23. The molecule has 118 valence electrons. The smallest absolute Gasteiger partial charge is 0.339 e. The third-order valence-corrected chi connectivity index (χ3v) is 3.40. The Morgan fingerprint density at radius 2 is 1.62 bits per heavy atom. The number of nitrogens with zero attached hydrogens (tertiary/aromatic N) is 1. The van der Waals surface area contributed by atoms with Crippen molar-refractivity contribution in [3.63, 3.8) is 0 Å². The van der Waals surface area contributed by atoms with E-state index < -0.39 is 35.5 Å². The van der Waals surface area contributed by atoms with Crippen LogP contribution in [0.25, 0.3) is 0 Å². The fourth-order valence-corrected chi connectivity index (χ4v) is 2.30. The second-order valence-electron chi connectivity index (χ2n) is 4.52. The molecule has 4 N–H and O–H groups in total. The van der Waals surface area contributed by atoms with E-state index in [-0.39, 0.29) is 32.6 Å². The van der Waals surface area contributed by atoms with Gasteiger partial charge in [0.25, 0.3) is 0 Å². The van der Waals surface area contributed by atoms with E-state index in [0.29, 0.717) is 0 Å². The summed E-state index contributed by atoms with van der Waals surface area (Å²) in [5.74, 6) is -5.79. The maximum atomic E-state index is 11.6. The average molecular weight is 305 g/mol. The van der Waals surface area contributed by atoms with Gasteiger partial charge in [-0.1, -0.05) is 0 Å². The largest absolute Gasteiger partial charge is 0.481 e. The number of aliphatic carboxylic acids is 3. The standard InChI is InChI=1S/C11H15NO9/c13-6-10(8(16)17,12-1-3-21-4-2-12)11(20,9(18)19)5-7(14)15/h6,20H,1-5H2,(H,14,15)(H,16,17)(H,18,19). The summed E-state index contributed by atoms with van der Waals surface area (Å²) < 4.78 is 4.98. The Labute approximate surface area is 118 Å². The summed E-state index contributed by atoms with van der Waals surface area (Å²) in [6.07, 6.45) is -1.68. The van der Waals surface area contributed by atoms with E-state index in [1.165, 1.54) is 0 Å². The Hall–Kier alpha value is -2.04. The SMILES string of the molecule is O=CC(C(=O)O)(N1CCOCC1)C(O)(CC(=O)O)C(=O)O. The molecule has 2 unspecified atom stereocenters. The molecule has 0 spiro atoms. The Balaban J connectivity index is 3.44. The monoisotopic (exact) mass is 305 g/mol. The van der Waals surface area contributed by atoms with Gasteiger partial charge >= 0.3 is 17.9 Å². The highest BCUT2D eigenvalue weighted by Crippen LogP contribution is 2.32. The van der Waals surface area contributed by atoms with Gasteiger partial charge in [-0.25, -0.2) is 9.59 Å². The zero-order chi connectivity index (χ0) is 16.3. The minimum atomic E-state index is -3.32. The number of carbonyl (C=O) groups excluding carboxylic acids is 1. The molecule has 1 fully saturated rings. The van der Waals surface area contributed by atoms with Crippen molar-refractivity contribution in [2.45, 2.75) is 17.6 Å². The van der Waals surface area contributed by atoms with E-state index in [9.17, 15) is 29.4 Å². The molecular weight excluding hydrogens is 290 g/mol. The third-order valence-electron chi connectivity index (χ3n) is 3.40. The van der Waals surface area contributed by atoms with Crippen LogP contribution in [0.1, 0.15) is 6.42 Å². The third kappa shape index (κ3) is 2.73. The van der Waals surface area contributed by atoms with Crippen LogP contribution in [0.15, 0.2) is 0 Å². The molecule has 0 saturated carbocycles. The Morgan fingerprint density at radius 3 is 1.95 bits per heavy atom. The fraction of sp³-hybridized carbons (Fsp3) is 0.636. The molecule has 1 heterocycles. The molecule has 1 aliphatic rings. The summed E-state index contributed by atoms with van der Waals surface area (Å²) in [7, 11) is 0. The van der Waals surface area contributed by atoms with Crippen molar-refractivity contribution in [2.75, 3.05) is 26.3 Å². The van der Waals surface area contributed by atoms with Crippen LogP contribution in [-0.4, -0.2) is 87.0 Å². The van der Waals surface area contributed by atoms with Crippen LogP contribution >= 0.6 is 0 Å². The predicted molar refractivity (Wildman–Crippen MR) is 63.7 cm³/mol. The van der Waals surface area contributed by atoms with Crippen molar-refractivity contribution in [1.29, 1.82) is 0 Å². The lowest BCUT2D eigenvalue weighted by Gasteiger charge is -2.45. The van der Waals surface area contributed by atoms with Crippen molar-refractivity contribution >= 4 is 24.2 Å². The number of hydrogen-bond donors (Lipinski definition) is 4. The van der Waals surface area contributed by atoms with Crippen LogP contribution in [0.3, 0.4) is 0 Å². The number of aliphatic hydroxyl groups is 1. The van der Waals surface area contributed by atoms with Gasteiger partial charge in [-0.3, -0.25) is 9.69 Å². The van der Waals surface area contributed by atoms with Crippen LogP contribution in [0.2, 0.25) is 0 Å². The van der Waals surface area contributed by atoms with E-state index in [4.69, 9.17) is 14.9 Å². The van der Waals surface area contributed by atoms with Gasteiger partial charge in [0, 0.05) is 13.1 Å². The van der Waals surface area contributed by atoms with Crippen LogP contribution < -0.4 is 0 Å². The topological polar surface area (TPSA) is 162 Å². The number of ether oxygens (including phenoxy) is 1. The summed E-state index contributed by atoms with van der Waals surface area (Å²) in [4.78, 5) is 46.0. The van der Waals surface area contributed by atoms with E-state index in [0.717, 1.165) is 4.90 Å². The predicted octanol–water partition coefficient (Wildman–Crippen LogP) is -2.37. The molecule has 1 aliphatic heterocycles. The van der Waals surface area contributed by atoms with Gasteiger partial charge in [-0.15, -0.1) is 0 Å². The summed E-state index contributed by atoms with van der Waals surface area (Å²) in [5, 5.41) is 37.5. The zero-order valence-electron chi connectivity index (χ0n) is 10.9. The van der Waals surface area contributed by atoms with Crippen molar-refractivity contribution < 1.29 is 44.3 Å². The van der Waals surface area contributed by atoms with E-state index >= 15 is 0 Å². The molecule has 0 bridgehead atoms. The van der Waals surface area contributed by atoms with Gasteiger partial charge < -0.3 is 30.0 Å². The number of aldehydes is 1. The molecule has 1 rings (SSSR count). The zero-order valence-corrected chi connectivity index (χ0v) is 10.9. The van der Waals surface area contributed by atoms with E-state index in [1.54, 1.807) is 0 Å². The minimum absolute atomic E-state index is 0.0195. The van der Waals surface area contributed by atoms with Crippen LogP contribution in [0, 0.1) is 0 Å².